The standard InChI is InChI=1S/C18H21NO2/c1-17(2)8-5-9-18(12-19,16(17)20)11-14-10-13-6-3-4-7-15(13)21-14/h3-4,6-7,14H,5,8-11H2,1-2H3. The Labute approximate surface area is 125 Å². The van der Waals surface area contributed by atoms with Crippen molar-refractivity contribution in [2.75, 3.05) is 0 Å². The molecule has 0 radical (unpaired) electrons. The third-order valence-corrected chi connectivity index (χ3v) is 4.96. The lowest BCUT2D eigenvalue weighted by atomic mass is 9.61. The van der Waals surface area contributed by atoms with Crippen molar-refractivity contribution in [2.45, 2.75) is 52.1 Å². The van der Waals surface area contributed by atoms with E-state index in [-0.39, 0.29) is 17.3 Å². The lowest BCUT2D eigenvalue weighted by Crippen LogP contribution is -2.46. The molecule has 0 bridgehead atoms. The third kappa shape index (κ3) is 2.33. The fraction of sp³-hybridized carbons (Fsp3) is 0.556. The van der Waals surface area contributed by atoms with E-state index >= 15 is 0 Å². The van der Waals surface area contributed by atoms with Gasteiger partial charge in [-0.25, -0.2) is 0 Å². The summed E-state index contributed by atoms with van der Waals surface area (Å²) in [4.78, 5) is 12.8. The summed E-state index contributed by atoms with van der Waals surface area (Å²) in [6.07, 6.45) is 3.74. The molecule has 1 saturated carbocycles. The molecule has 2 aliphatic rings. The van der Waals surface area contributed by atoms with Crippen molar-refractivity contribution < 1.29 is 9.53 Å². The van der Waals surface area contributed by atoms with Gasteiger partial charge in [0.2, 0.25) is 0 Å². The molecule has 1 aliphatic heterocycles. The number of nitrogens with zero attached hydrogens (tertiary/aromatic N) is 1. The quantitative estimate of drug-likeness (QED) is 0.832. The fourth-order valence-electron chi connectivity index (χ4n) is 3.81. The molecule has 3 heteroatoms. The minimum atomic E-state index is -0.867. The van der Waals surface area contributed by atoms with Crippen LogP contribution in [0.2, 0.25) is 0 Å². The maximum atomic E-state index is 12.8. The molecule has 1 fully saturated rings. The molecule has 110 valence electrons. The van der Waals surface area contributed by atoms with Crippen LogP contribution in [0.5, 0.6) is 5.75 Å². The number of hydrogen-bond donors (Lipinski definition) is 0. The number of para-hydroxylation sites is 1. The van der Waals surface area contributed by atoms with E-state index in [4.69, 9.17) is 4.74 Å². The fourth-order valence-corrected chi connectivity index (χ4v) is 3.81. The maximum Gasteiger partial charge on any atom is 0.158 e. The first-order valence-corrected chi connectivity index (χ1v) is 7.68. The Kier molecular flexibility index (Phi) is 3.28. The highest BCUT2D eigenvalue weighted by Crippen LogP contribution is 2.46. The summed E-state index contributed by atoms with van der Waals surface area (Å²) in [7, 11) is 0. The van der Waals surface area contributed by atoms with Gasteiger partial charge < -0.3 is 4.74 Å². The van der Waals surface area contributed by atoms with E-state index in [1.54, 1.807) is 0 Å². The zero-order chi connectivity index (χ0) is 15.1. The van der Waals surface area contributed by atoms with Crippen molar-refractivity contribution in [1.82, 2.24) is 0 Å². The van der Waals surface area contributed by atoms with E-state index < -0.39 is 5.41 Å². The van der Waals surface area contributed by atoms with Crippen molar-refractivity contribution >= 4 is 5.78 Å². The van der Waals surface area contributed by atoms with Gasteiger partial charge in [0.25, 0.3) is 0 Å². The van der Waals surface area contributed by atoms with Gasteiger partial charge in [-0.1, -0.05) is 38.5 Å². The van der Waals surface area contributed by atoms with Crippen molar-refractivity contribution in [3.8, 4) is 11.8 Å². The highest BCUT2D eigenvalue weighted by Gasteiger charge is 2.50. The second-order valence-corrected chi connectivity index (χ2v) is 7.02. The van der Waals surface area contributed by atoms with Crippen LogP contribution in [0.1, 0.15) is 45.1 Å². The molecule has 21 heavy (non-hydrogen) atoms. The highest BCUT2D eigenvalue weighted by atomic mass is 16.5. The van der Waals surface area contributed by atoms with Gasteiger partial charge in [0.1, 0.15) is 17.3 Å². The van der Waals surface area contributed by atoms with Crippen LogP contribution >= 0.6 is 0 Å². The van der Waals surface area contributed by atoms with Gasteiger partial charge in [-0.15, -0.1) is 0 Å². The molecule has 0 N–H and O–H groups in total. The number of fused-ring (bicyclic) bond motifs is 1. The second kappa shape index (κ2) is 4.87. The molecule has 1 aromatic rings. The average molecular weight is 283 g/mol. The molecule has 1 heterocycles. The zero-order valence-electron chi connectivity index (χ0n) is 12.7. The smallest absolute Gasteiger partial charge is 0.158 e. The van der Waals surface area contributed by atoms with E-state index in [1.807, 2.05) is 32.0 Å². The Bertz CT molecular complexity index is 589. The SMILES string of the molecule is CC1(C)CCCC(C#N)(CC2Cc3ccccc3O2)C1=O. The lowest BCUT2D eigenvalue weighted by Gasteiger charge is -2.39. The number of carbonyl (C=O) groups is 1. The minimum absolute atomic E-state index is 0.0556. The first-order chi connectivity index (χ1) is 9.97. The maximum absolute atomic E-state index is 12.8. The number of rotatable bonds is 2. The molecule has 0 aromatic heterocycles. The molecule has 0 spiro atoms. The van der Waals surface area contributed by atoms with Crippen LogP contribution in [0.4, 0.5) is 0 Å². The summed E-state index contributed by atoms with van der Waals surface area (Å²) in [5.74, 6) is 1.00. The van der Waals surface area contributed by atoms with Gasteiger partial charge in [0, 0.05) is 18.3 Å². The monoisotopic (exact) mass is 283 g/mol. The van der Waals surface area contributed by atoms with Crippen LogP contribution in [0.25, 0.3) is 0 Å². The Hall–Kier alpha value is -1.82. The van der Waals surface area contributed by atoms with Crippen molar-refractivity contribution in [3.63, 3.8) is 0 Å². The summed E-state index contributed by atoms with van der Waals surface area (Å²) < 4.78 is 5.95. The Balaban J connectivity index is 1.81. The third-order valence-electron chi connectivity index (χ3n) is 4.96. The van der Waals surface area contributed by atoms with E-state index in [0.717, 1.165) is 25.0 Å². The highest BCUT2D eigenvalue weighted by molar-refractivity contribution is 5.92. The lowest BCUT2D eigenvalue weighted by molar-refractivity contribution is -0.139. The number of carbonyl (C=O) groups excluding carboxylic acids is 1. The van der Waals surface area contributed by atoms with Crippen LogP contribution in [-0.2, 0) is 11.2 Å². The summed E-state index contributed by atoms with van der Waals surface area (Å²) in [5.41, 5.74) is -0.0773. The van der Waals surface area contributed by atoms with E-state index in [1.165, 1.54) is 5.56 Å². The first kappa shape index (κ1) is 14.1. The van der Waals surface area contributed by atoms with Gasteiger partial charge in [-0.05, 0) is 24.5 Å². The van der Waals surface area contributed by atoms with E-state index in [0.29, 0.717) is 12.8 Å². The Morgan fingerprint density at radius 2 is 2.10 bits per heavy atom. The van der Waals surface area contributed by atoms with Gasteiger partial charge in [-0.2, -0.15) is 5.26 Å². The van der Waals surface area contributed by atoms with Crippen molar-refractivity contribution in [1.29, 1.82) is 5.26 Å². The van der Waals surface area contributed by atoms with Gasteiger partial charge >= 0.3 is 0 Å². The summed E-state index contributed by atoms with van der Waals surface area (Å²) in [6, 6.07) is 10.3. The van der Waals surface area contributed by atoms with E-state index in [9.17, 15) is 10.1 Å². The summed E-state index contributed by atoms with van der Waals surface area (Å²) in [5, 5.41) is 9.70. The number of Topliss-reactive ketones (excluding diaryl/α,β-unsaturated/α-hetero) is 1. The zero-order valence-corrected chi connectivity index (χ0v) is 12.7. The predicted molar refractivity (Wildman–Crippen MR) is 79.9 cm³/mol. The topological polar surface area (TPSA) is 50.1 Å². The second-order valence-electron chi connectivity index (χ2n) is 7.02. The minimum Gasteiger partial charge on any atom is -0.490 e. The first-order valence-electron chi connectivity index (χ1n) is 7.68. The van der Waals surface area contributed by atoms with Gasteiger partial charge in [0.05, 0.1) is 6.07 Å². The number of benzene rings is 1. The Morgan fingerprint density at radius 1 is 1.33 bits per heavy atom. The molecule has 1 aromatic carbocycles. The molecular weight excluding hydrogens is 262 g/mol. The number of nitriles is 1. The van der Waals surface area contributed by atoms with Crippen LogP contribution < -0.4 is 4.74 Å². The molecule has 3 nitrogen and oxygen atoms in total. The van der Waals surface area contributed by atoms with Gasteiger partial charge in [0.15, 0.2) is 5.78 Å². The van der Waals surface area contributed by atoms with Crippen molar-refractivity contribution in [2.24, 2.45) is 10.8 Å². The average Bonchev–Trinajstić information content (AvgIpc) is 2.86. The number of ketones is 1. The molecule has 1 aliphatic carbocycles. The number of ether oxygens (including phenoxy) is 1. The van der Waals surface area contributed by atoms with E-state index in [2.05, 4.69) is 12.1 Å². The number of hydrogen-bond acceptors (Lipinski definition) is 3. The molecule has 0 amide bonds. The molecule has 0 saturated heterocycles. The van der Waals surface area contributed by atoms with Crippen LogP contribution in [-0.4, -0.2) is 11.9 Å². The summed E-state index contributed by atoms with van der Waals surface area (Å²) >= 11 is 0. The molecule has 3 rings (SSSR count). The van der Waals surface area contributed by atoms with Crippen LogP contribution in [0.15, 0.2) is 24.3 Å². The summed E-state index contributed by atoms with van der Waals surface area (Å²) in [6.45, 7) is 3.93. The molecule has 2 unspecified atom stereocenters. The molecular formula is C18H21NO2. The Morgan fingerprint density at radius 3 is 2.81 bits per heavy atom. The predicted octanol–water partition coefficient (Wildman–Crippen LogP) is 3.67. The largest absolute Gasteiger partial charge is 0.490 e. The van der Waals surface area contributed by atoms with Gasteiger partial charge in [-0.3, -0.25) is 4.79 Å². The van der Waals surface area contributed by atoms with Crippen LogP contribution in [0, 0.1) is 22.2 Å². The molecule has 2 atom stereocenters. The van der Waals surface area contributed by atoms with Crippen molar-refractivity contribution in [3.05, 3.63) is 29.8 Å². The van der Waals surface area contributed by atoms with Crippen LogP contribution in [0.3, 0.4) is 0 Å². The normalized spacial score (nSPS) is 30.3.